The van der Waals surface area contributed by atoms with Crippen molar-refractivity contribution in [3.63, 3.8) is 0 Å². The quantitative estimate of drug-likeness (QED) is 0.857. The smallest absolute Gasteiger partial charge is 0.123 e. The first-order chi connectivity index (χ1) is 9.28. The Morgan fingerprint density at radius 2 is 2.16 bits per heavy atom. The minimum Gasteiger partial charge on any atom is -0.384 e. The summed E-state index contributed by atoms with van der Waals surface area (Å²) in [5, 5.41) is 3.32. The van der Waals surface area contributed by atoms with E-state index in [-0.39, 0.29) is 5.82 Å². The fourth-order valence-electron chi connectivity index (χ4n) is 2.51. The van der Waals surface area contributed by atoms with Crippen LogP contribution in [-0.2, 0) is 4.74 Å². The van der Waals surface area contributed by atoms with E-state index in [1.54, 1.807) is 12.1 Å². The first kappa shape index (κ1) is 14.3. The van der Waals surface area contributed by atoms with Gasteiger partial charge in [-0.3, -0.25) is 4.90 Å². The molecule has 0 spiro atoms. The number of nitrogens with zero attached hydrogens (tertiary/aromatic N) is 1. The second kappa shape index (κ2) is 7.46. The highest BCUT2D eigenvalue weighted by Gasteiger charge is 2.19. The van der Waals surface area contributed by atoms with Gasteiger partial charge in [0.15, 0.2) is 0 Å². The van der Waals surface area contributed by atoms with Gasteiger partial charge < -0.3 is 10.1 Å². The van der Waals surface area contributed by atoms with Gasteiger partial charge in [0.05, 0.1) is 6.10 Å². The van der Waals surface area contributed by atoms with Crippen molar-refractivity contribution in [3.05, 3.63) is 30.1 Å². The van der Waals surface area contributed by atoms with Gasteiger partial charge in [0.2, 0.25) is 0 Å². The second-order valence-electron chi connectivity index (χ2n) is 4.95. The lowest BCUT2D eigenvalue weighted by Crippen LogP contribution is -2.41. The number of benzene rings is 1. The van der Waals surface area contributed by atoms with Crippen LogP contribution in [0.2, 0.25) is 0 Å². The summed E-state index contributed by atoms with van der Waals surface area (Å²) in [7, 11) is 0. The Kier molecular flexibility index (Phi) is 5.61. The van der Waals surface area contributed by atoms with Crippen molar-refractivity contribution in [1.82, 2.24) is 4.90 Å². The molecule has 0 radical (unpaired) electrons. The third kappa shape index (κ3) is 4.80. The number of nitrogens with one attached hydrogen (secondary N) is 1. The van der Waals surface area contributed by atoms with Crippen molar-refractivity contribution < 1.29 is 9.13 Å². The fourth-order valence-corrected chi connectivity index (χ4v) is 2.51. The van der Waals surface area contributed by atoms with E-state index in [2.05, 4.69) is 17.1 Å². The molecule has 1 aromatic rings. The van der Waals surface area contributed by atoms with Crippen LogP contribution in [-0.4, -0.2) is 43.8 Å². The molecule has 1 aliphatic heterocycles. The Morgan fingerprint density at radius 1 is 1.37 bits per heavy atom. The molecule has 4 heteroatoms. The summed E-state index contributed by atoms with van der Waals surface area (Å²) in [6, 6.07) is 6.51. The van der Waals surface area contributed by atoms with Crippen molar-refractivity contribution in [2.24, 2.45) is 0 Å². The zero-order valence-electron chi connectivity index (χ0n) is 11.6. The van der Waals surface area contributed by atoms with Gasteiger partial charge >= 0.3 is 0 Å². The van der Waals surface area contributed by atoms with Crippen molar-refractivity contribution in [1.29, 1.82) is 0 Å². The highest BCUT2D eigenvalue weighted by molar-refractivity contribution is 5.42. The van der Waals surface area contributed by atoms with Gasteiger partial charge in [0.1, 0.15) is 5.82 Å². The molecule has 1 N–H and O–H groups in total. The van der Waals surface area contributed by atoms with Crippen LogP contribution in [0.1, 0.15) is 19.8 Å². The van der Waals surface area contributed by atoms with Crippen LogP contribution in [0.5, 0.6) is 0 Å². The molecule has 3 nitrogen and oxygen atoms in total. The van der Waals surface area contributed by atoms with Crippen LogP contribution in [0.4, 0.5) is 10.1 Å². The largest absolute Gasteiger partial charge is 0.384 e. The normalized spacial score (nSPS) is 20.4. The predicted molar refractivity (Wildman–Crippen MR) is 76.0 cm³/mol. The highest BCUT2D eigenvalue weighted by Crippen LogP contribution is 2.13. The number of likely N-dealkylation sites (tertiary alicyclic amines) is 1. The predicted octanol–water partition coefficient (Wildman–Crippen LogP) is 2.74. The molecular formula is C15H23FN2O. The van der Waals surface area contributed by atoms with E-state index in [1.165, 1.54) is 25.0 Å². The van der Waals surface area contributed by atoms with Gasteiger partial charge in [-0.15, -0.1) is 0 Å². The molecule has 1 saturated heterocycles. The van der Waals surface area contributed by atoms with Crippen LogP contribution < -0.4 is 5.32 Å². The highest BCUT2D eigenvalue weighted by atomic mass is 19.1. The Morgan fingerprint density at radius 3 is 2.89 bits per heavy atom. The number of hydrogen-bond acceptors (Lipinski definition) is 3. The van der Waals surface area contributed by atoms with Gasteiger partial charge in [-0.25, -0.2) is 4.39 Å². The van der Waals surface area contributed by atoms with Crippen molar-refractivity contribution in [3.8, 4) is 0 Å². The molecule has 106 valence electrons. The fraction of sp³-hybridized carbons (Fsp3) is 0.600. The Hall–Kier alpha value is -1.13. The maximum Gasteiger partial charge on any atom is 0.123 e. The van der Waals surface area contributed by atoms with E-state index >= 15 is 0 Å². The Bertz CT molecular complexity index is 367. The molecule has 1 atom stereocenters. The molecule has 1 heterocycles. The molecule has 0 aliphatic carbocycles. The van der Waals surface area contributed by atoms with E-state index in [9.17, 15) is 4.39 Å². The molecule has 0 bridgehead atoms. The molecule has 19 heavy (non-hydrogen) atoms. The molecule has 2 rings (SSSR count). The van der Waals surface area contributed by atoms with E-state index < -0.39 is 0 Å². The van der Waals surface area contributed by atoms with Gasteiger partial charge in [-0.05, 0) is 50.6 Å². The van der Waals surface area contributed by atoms with Gasteiger partial charge in [0.25, 0.3) is 0 Å². The zero-order valence-corrected chi connectivity index (χ0v) is 11.6. The molecule has 1 fully saturated rings. The number of anilines is 1. The average Bonchev–Trinajstić information content (AvgIpc) is 2.42. The lowest BCUT2D eigenvalue weighted by Gasteiger charge is -2.32. The molecule has 1 aliphatic rings. The van der Waals surface area contributed by atoms with E-state index in [1.807, 2.05) is 0 Å². The maximum atomic E-state index is 12.8. The third-order valence-electron chi connectivity index (χ3n) is 3.47. The summed E-state index contributed by atoms with van der Waals surface area (Å²) < 4.78 is 18.5. The Balaban J connectivity index is 1.69. The van der Waals surface area contributed by atoms with Gasteiger partial charge in [0, 0.05) is 31.9 Å². The lowest BCUT2D eigenvalue weighted by atomic mass is 10.1. The first-order valence-electron chi connectivity index (χ1n) is 7.11. The molecule has 0 amide bonds. The standard InChI is InChI=1S/C15H23FN2O/c1-2-19-15-4-3-10-18(12-15)11-9-17-14-7-5-13(16)6-8-14/h5-8,15,17H,2-4,9-12H2,1H3. The molecular weight excluding hydrogens is 243 g/mol. The topological polar surface area (TPSA) is 24.5 Å². The minimum atomic E-state index is -0.193. The van der Waals surface area contributed by atoms with E-state index in [0.29, 0.717) is 6.10 Å². The maximum absolute atomic E-state index is 12.8. The summed E-state index contributed by atoms with van der Waals surface area (Å²) >= 11 is 0. The number of piperidine rings is 1. The molecule has 1 aromatic carbocycles. The van der Waals surface area contributed by atoms with Crippen LogP contribution in [0, 0.1) is 5.82 Å². The summed E-state index contributed by atoms with van der Waals surface area (Å²) in [6.07, 6.45) is 2.78. The van der Waals surface area contributed by atoms with Crippen LogP contribution >= 0.6 is 0 Å². The number of ether oxygens (including phenoxy) is 1. The average molecular weight is 266 g/mol. The zero-order chi connectivity index (χ0) is 13.5. The van der Waals surface area contributed by atoms with Crippen molar-refractivity contribution in [2.75, 3.05) is 38.1 Å². The summed E-state index contributed by atoms with van der Waals surface area (Å²) in [6.45, 7) is 6.90. The van der Waals surface area contributed by atoms with E-state index in [0.717, 1.165) is 38.5 Å². The van der Waals surface area contributed by atoms with Gasteiger partial charge in [-0.2, -0.15) is 0 Å². The number of hydrogen-bond donors (Lipinski definition) is 1. The van der Waals surface area contributed by atoms with E-state index in [4.69, 9.17) is 4.74 Å². The molecule has 0 aromatic heterocycles. The van der Waals surface area contributed by atoms with Crippen molar-refractivity contribution in [2.45, 2.75) is 25.9 Å². The number of halogens is 1. The molecule has 1 unspecified atom stereocenters. The van der Waals surface area contributed by atoms with Crippen LogP contribution in [0.25, 0.3) is 0 Å². The summed E-state index contributed by atoms with van der Waals surface area (Å²) in [5.74, 6) is -0.193. The SMILES string of the molecule is CCOC1CCCN(CCNc2ccc(F)cc2)C1. The van der Waals surface area contributed by atoms with Gasteiger partial charge in [-0.1, -0.05) is 0 Å². The lowest BCUT2D eigenvalue weighted by molar-refractivity contribution is 0.00716. The second-order valence-corrected chi connectivity index (χ2v) is 4.95. The number of rotatable bonds is 6. The van der Waals surface area contributed by atoms with Crippen LogP contribution in [0.15, 0.2) is 24.3 Å². The third-order valence-corrected chi connectivity index (χ3v) is 3.47. The summed E-state index contributed by atoms with van der Waals surface area (Å²) in [5.41, 5.74) is 0.972. The first-order valence-corrected chi connectivity index (χ1v) is 7.11. The van der Waals surface area contributed by atoms with Crippen molar-refractivity contribution >= 4 is 5.69 Å². The monoisotopic (exact) mass is 266 g/mol. The van der Waals surface area contributed by atoms with Crippen LogP contribution in [0.3, 0.4) is 0 Å². The molecule has 0 saturated carbocycles. The summed E-state index contributed by atoms with van der Waals surface area (Å²) in [4.78, 5) is 2.43. The minimum absolute atomic E-state index is 0.193. The Labute approximate surface area is 114 Å².